The summed E-state index contributed by atoms with van der Waals surface area (Å²) in [6, 6.07) is 4.10. The molecule has 4 bridgehead atoms. The third kappa shape index (κ3) is 3.91. The minimum Gasteiger partial charge on any atom is -0.390 e. The molecule has 1 aromatic rings. The molecule has 0 spiro atoms. The lowest BCUT2D eigenvalue weighted by Gasteiger charge is -2.58. The first kappa shape index (κ1) is 20.7. The lowest BCUT2D eigenvalue weighted by molar-refractivity contribution is -0.134. The number of aliphatic hydroxyl groups is 1. The van der Waals surface area contributed by atoms with Crippen LogP contribution in [0.2, 0.25) is 0 Å². The number of anilines is 1. The molecule has 1 aliphatic heterocycles. The molecule has 0 radical (unpaired) electrons. The van der Waals surface area contributed by atoms with Crippen LogP contribution in [0.25, 0.3) is 0 Å². The van der Waals surface area contributed by atoms with Crippen molar-refractivity contribution in [3.8, 4) is 0 Å². The Labute approximate surface area is 183 Å². The lowest BCUT2D eigenvalue weighted by Crippen LogP contribution is -2.54. The van der Waals surface area contributed by atoms with Gasteiger partial charge in [-0.05, 0) is 67.4 Å². The number of piperazine rings is 1. The summed E-state index contributed by atoms with van der Waals surface area (Å²) in [6.07, 6.45) is 5.25. The Balaban J connectivity index is 1.34. The van der Waals surface area contributed by atoms with Gasteiger partial charge in [-0.25, -0.2) is 4.98 Å². The number of aromatic nitrogens is 1. The molecule has 2 atom stereocenters. The van der Waals surface area contributed by atoms with E-state index in [2.05, 4.69) is 15.9 Å². The topological polar surface area (TPSA) is 126 Å². The maximum atomic E-state index is 12.4. The summed E-state index contributed by atoms with van der Waals surface area (Å²) in [4.78, 5) is 32.6. The fraction of sp³-hybridized carbons (Fsp3) is 0.696. The van der Waals surface area contributed by atoms with Crippen molar-refractivity contribution in [1.82, 2.24) is 9.88 Å². The van der Waals surface area contributed by atoms with Gasteiger partial charge in [0, 0.05) is 39.1 Å². The van der Waals surface area contributed by atoms with E-state index in [1.54, 1.807) is 0 Å². The monoisotopic (exact) mass is 427 g/mol. The zero-order valence-electron chi connectivity index (χ0n) is 18.0. The van der Waals surface area contributed by atoms with Crippen LogP contribution >= 0.6 is 0 Å². The van der Waals surface area contributed by atoms with E-state index in [1.807, 2.05) is 6.07 Å². The van der Waals surface area contributed by atoms with Gasteiger partial charge >= 0.3 is 0 Å². The second-order valence-electron chi connectivity index (χ2n) is 10.2. The predicted octanol–water partition coefficient (Wildman–Crippen LogP) is 0.833. The number of rotatable bonds is 6. The van der Waals surface area contributed by atoms with Crippen molar-refractivity contribution in [2.24, 2.45) is 29.2 Å². The Morgan fingerprint density at radius 1 is 1.06 bits per heavy atom. The summed E-state index contributed by atoms with van der Waals surface area (Å²) in [5.41, 5.74) is 11.9. The predicted molar refractivity (Wildman–Crippen MR) is 116 cm³/mol. The van der Waals surface area contributed by atoms with Gasteiger partial charge in [0.25, 0.3) is 5.91 Å². The maximum Gasteiger partial charge on any atom is 0.267 e. The van der Waals surface area contributed by atoms with Crippen molar-refractivity contribution in [2.45, 2.75) is 50.0 Å². The van der Waals surface area contributed by atoms with Crippen molar-refractivity contribution in [2.75, 3.05) is 37.6 Å². The summed E-state index contributed by atoms with van der Waals surface area (Å²) in [5.74, 6) is 1.76. The van der Waals surface area contributed by atoms with Crippen molar-refractivity contribution in [3.63, 3.8) is 0 Å². The van der Waals surface area contributed by atoms with E-state index in [4.69, 9.17) is 16.5 Å². The first-order chi connectivity index (χ1) is 14.8. The minimum absolute atomic E-state index is 0.270. The number of carbonyl (C=O) groups is 2. The molecule has 5 fully saturated rings. The van der Waals surface area contributed by atoms with Gasteiger partial charge in [0.2, 0.25) is 5.91 Å². The lowest BCUT2D eigenvalue weighted by atomic mass is 9.49. The maximum absolute atomic E-state index is 12.4. The fourth-order valence-corrected chi connectivity index (χ4v) is 7.06. The van der Waals surface area contributed by atoms with E-state index in [1.165, 1.54) is 0 Å². The van der Waals surface area contributed by atoms with Crippen LogP contribution in [-0.2, 0) is 4.79 Å². The largest absolute Gasteiger partial charge is 0.390 e. The number of primary amides is 2. The van der Waals surface area contributed by atoms with Crippen LogP contribution in [0.3, 0.4) is 0 Å². The highest BCUT2D eigenvalue weighted by atomic mass is 16.3. The molecule has 5 N–H and O–H groups in total. The molecular weight excluding hydrogens is 394 g/mol. The molecule has 6 rings (SSSR count). The average molecular weight is 428 g/mol. The molecule has 0 aromatic carbocycles. The Kier molecular flexibility index (Phi) is 5.17. The first-order valence-electron chi connectivity index (χ1n) is 11.6. The van der Waals surface area contributed by atoms with E-state index in [0.717, 1.165) is 69.7 Å². The molecule has 5 aliphatic rings. The number of pyridine rings is 1. The summed E-state index contributed by atoms with van der Waals surface area (Å²) in [6.45, 7) is 3.91. The van der Waals surface area contributed by atoms with Gasteiger partial charge in [-0.3, -0.25) is 14.5 Å². The fourth-order valence-electron chi connectivity index (χ4n) is 7.06. The first-order valence-corrected chi connectivity index (χ1v) is 11.6. The normalized spacial score (nSPS) is 34.8. The molecule has 1 aromatic heterocycles. The van der Waals surface area contributed by atoms with Gasteiger partial charge in [-0.15, -0.1) is 0 Å². The van der Waals surface area contributed by atoms with Gasteiger partial charge in [0.05, 0.1) is 5.60 Å². The van der Waals surface area contributed by atoms with Crippen molar-refractivity contribution >= 4 is 17.6 Å². The quantitative estimate of drug-likeness (QED) is 0.617. The Morgan fingerprint density at radius 2 is 1.74 bits per heavy atom. The summed E-state index contributed by atoms with van der Waals surface area (Å²) in [7, 11) is 0. The van der Waals surface area contributed by atoms with Crippen molar-refractivity contribution in [3.05, 3.63) is 23.4 Å². The number of amides is 2. The average Bonchev–Trinajstić information content (AvgIpc) is 2.71. The number of nitrogens with zero attached hydrogens (tertiary/aromatic N) is 3. The number of nitrogens with two attached hydrogens (primary N) is 2. The molecule has 2 unspecified atom stereocenters. The van der Waals surface area contributed by atoms with E-state index in [-0.39, 0.29) is 11.8 Å². The van der Waals surface area contributed by atoms with Crippen molar-refractivity contribution in [1.29, 1.82) is 0 Å². The van der Waals surface area contributed by atoms with Crippen LogP contribution in [0.4, 0.5) is 5.82 Å². The van der Waals surface area contributed by atoms with Crippen LogP contribution in [0.15, 0.2) is 12.1 Å². The number of hydrogen-bond donors (Lipinski definition) is 3. The van der Waals surface area contributed by atoms with E-state index in [9.17, 15) is 14.7 Å². The zero-order chi connectivity index (χ0) is 21.8. The molecule has 2 amide bonds. The smallest absolute Gasteiger partial charge is 0.267 e. The summed E-state index contributed by atoms with van der Waals surface area (Å²) in [5, 5.41) is 10.9. The minimum atomic E-state index is -0.499. The molecule has 8 nitrogen and oxygen atoms in total. The second kappa shape index (κ2) is 7.74. The summed E-state index contributed by atoms with van der Waals surface area (Å²) >= 11 is 0. The highest BCUT2D eigenvalue weighted by Crippen LogP contribution is 2.61. The molecule has 1 saturated heterocycles. The number of hydrogen-bond acceptors (Lipinski definition) is 6. The van der Waals surface area contributed by atoms with Crippen LogP contribution < -0.4 is 16.4 Å². The van der Waals surface area contributed by atoms with Crippen molar-refractivity contribution < 1.29 is 14.7 Å². The third-order valence-corrected chi connectivity index (χ3v) is 8.12. The van der Waals surface area contributed by atoms with Gasteiger partial charge in [-0.2, -0.15) is 0 Å². The van der Waals surface area contributed by atoms with E-state index in [0.29, 0.717) is 36.4 Å². The van der Waals surface area contributed by atoms with Gasteiger partial charge in [0.1, 0.15) is 11.5 Å². The van der Waals surface area contributed by atoms with Gasteiger partial charge in [-0.1, -0.05) is 6.07 Å². The molecule has 31 heavy (non-hydrogen) atoms. The van der Waals surface area contributed by atoms with Crippen LogP contribution in [0, 0.1) is 17.8 Å². The third-order valence-electron chi connectivity index (χ3n) is 8.12. The van der Waals surface area contributed by atoms with E-state index < -0.39 is 11.5 Å². The Morgan fingerprint density at radius 3 is 2.32 bits per heavy atom. The Bertz CT molecular complexity index is 866. The highest BCUT2D eigenvalue weighted by molar-refractivity contribution is 5.93. The molecule has 8 heteroatoms. The standard InChI is InChI=1S/C23H33N5O3/c24-18(29)3-4-27-5-7-28(8-6-27)19-2-1-17(21(26-19)22(25)30)20-15-9-14-10-16(20)13-23(31,11-14)12-15/h1-2,14-16,20,31H,3-13H2,(H2,24,29)(H2,25,30). The second-order valence-corrected chi connectivity index (χ2v) is 10.2. The summed E-state index contributed by atoms with van der Waals surface area (Å²) < 4.78 is 0. The molecule has 4 saturated carbocycles. The molecule has 168 valence electrons. The van der Waals surface area contributed by atoms with Crippen LogP contribution in [0.1, 0.15) is 60.5 Å². The number of carbonyl (C=O) groups excluding carboxylic acids is 2. The zero-order valence-corrected chi connectivity index (χ0v) is 18.0. The Hall–Kier alpha value is -2.19. The molecule has 4 aliphatic carbocycles. The SMILES string of the molecule is NC(=O)CCN1CCN(c2ccc(C3C4CC5CC3CC(O)(C5)C4)c(C(N)=O)n2)CC1. The van der Waals surface area contributed by atoms with E-state index >= 15 is 0 Å². The van der Waals surface area contributed by atoms with Crippen LogP contribution in [0.5, 0.6) is 0 Å². The highest BCUT2D eigenvalue weighted by Gasteiger charge is 2.55. The molecular formula is C23H33N5O3. The van der Waals surface area contributed by atoms with Crippen LogP contribution in [-0.4, -0.2) is 65.1 Å². The van der Waals surface area contributed by atoms with Gasteiger partial charge in [0.15, 0.2) is 0 Å². The molecule has 2 heterocycles. The van der Waals surface area contributed by atoms with Gasteiger partial charge < -0.3 is 21.5 Å².